The predicted octanol–water partition coefficient (Wildman–Crippen LogP) is 6.57. The van der Waals surface area contributed by atoms with Crippen LogP contribution < -0.4 is 0 Å². The molecule has 1 nitrogen and oxygen atoms in total. The van der Waals surface area contributed by atoms with E-state index in [0.29, 0.717) is 0 Å². The highest BCUT2D eigenvalue weighted by molar-refractivity contribution is 4.85. The summed E-state index contributed by atoms with van der Waals surface area (Å²) < 4.78 is 0. The highest BCUT2D eigenvalue weighted by Crippen LogP contribution is 2.46. The van der Waals surface area contributed by atoms with Gasteiger partial charge in [0, 0.05) is 0 Å². The van der Waals surface area contributed by atoms with Gasteiger partial charge in [0.2, 0.25) is 0 Å². The molecule has 3 rings (SSSR count). The van der Waals surface area contributed by atoms with Crippen molar-refractivity contribution in [1.82, 2.24) is 0 Å². The Kier molecular flexibility index (Phi) is 8.34. The van der Waals surface area contributed by atoms with Crippen molar-refractivity contribution < 1.29 is 5.48 Å². The van der Waals surface area contributed by atoms with Crippen LogP contribution in [0.2, 0.25) is 0 Å². The molecule has 3 saturated carbocycles. The van der Waals surface area contributed by atoms with Gasteiger partial charge in [-0.15, -0.1) is 6.58 Å². The zero-order valence-corrected chi connectivity index (χ0v) is 16.1. The van der Waals surface area contributed by atoms with Crippen molar-refractivity contribution in [2.45, 2.75) is 96.8 Å². The number of hydrogen-bond acceptors (Lipinski definition) is 0. The number of hydrogen-bond donors (Lipinski definition) is 0. The normalized spacial score (nSPS) is 40.5. The maximum atomic E-state index is 3.88. The molecule has 0 radical (unpaired) electrons. The second kappa shape index (κ2) is 10.00. The van der Waals surface area contributed by atoms with Crippen LogP contribution in [-0.4, -0.2) is 5.48 Å². The molecule has 0 atom stereocenters. The minimum atomic E-state index is 0. The van der Waals surface area contributed by atoms with E-state index < -0.39 is 0 Å². The molecule has 0 bridgehead atoms. The summed E-state index contributed by atoms with van der Waals surface area (Å²) in [4.78, 5) is 0. The van der Waals surface area contributed by atoms with E-state index in [1.807, 2.05) is 0 Å². The first kappa shape index (κ1) is 20.0. The summed E-state index contributed by atoms with van der Waals surface area (Å²) in [7, 11) is 0. The van der Waals surface area contributed by atoms with Gasteiger partial charge in [-0.1, -0.05) is 38.7 Å². The van der Waals surface area contributed by atoms with Gasteiger partial charge in [-0.2, -0.15) is 0 Å². The van der Waals surface area contributed by atoms with E-state index in [9.17, 15) is 0 Å². The third-order valence-electron chi connectivity index (χ3n) is 7.88. The van der Waals surface area contributed by atoms with E-state index in [4.69, 9.17) is 0 Å². The smallest absolute Gasteiger partial charge is 0.0351 e. The van der Waals surface area contributed by atoms with Gasteiger partial charge in [0.15, 0.2) is 0 Å². The molecule has 1 heteroatoms. The number of rotatable bonds is 5. The average Bonchev–Trinajstić information content (AvgIpc) is 2.61. The SMILES string of the molecule is C=CCCC1CCC(C2CCC(C3CCC(C)CC3)CC2)CC1.O. The topological polar surface area (TPSA) is 31.5 Å². The lowest BCUT2D eigenvalue weighted by Gasteiger charge is -2.41. The van der Waals surface area contributed by atoms with Crippen LogP contribution in [0.5, 0.6) is 0 Å². The monoisotopic (exact) mass is 334 g/mol. The van der Waals surface area contributed by atoms with Crippen LogP contribution in [0.3, 0.4) is 0 Å². The molecule has 0 amide bonds. The molecule has 3 aliphatic carbocycles. The van der Waals surface area contributed by atoms with E-state index in [0.717, 1.165) is 35.5 Å². The fourth-order valence-electron chi connectivity index (χ4n) is 6.15. The molecular weight excluding hydrogens is 292 g/mol. The Morgan fingerprint density at radius 2 is 1.04 bits per heavy atom. The van der Waals surface area contributed by atoms with Gasteiger partial charge in [-0.05, 0) is 99.7 Å². The lowest BCUT2D eigenvalue weighted by atomic mass is 9.65. The van der Waals surface area contributed by atoms with E-state index in [-0.39, 0.29) is 5.48 Å². The first-order valence-electron chi connectivity index (χ1n) is 10.9. The highest BCUT2D eigenvalue weighted by Gasteiger charge is 2.34. The third-order valence-corrected chi connectivity index (χ3v) is 7.88. The van der Waals surface area contributed by atoms with Crippen molar-refractivity contribution in [3.05, 3.63) is 12.7 Å². The van der Waals surface area contributed by atoms with Gasteiger partial charge in [-0.25, -0.2) is 0 Å². The molecule has 3 fully saturated rings. The van der Waals surface area contributed by atoms with Gasteiger partial charge >= 0.3 is 0 Å². The second-order valence-electron chi connectivity index (χ2n) is 9.34. The van der Waals surface area contributed by atoms with Gasteiger partial charge < -0.3 is 5.48 Å². The van der Waals surface area contributed by atoms with Crippen LogP contribution in [0.25, 0.3) is 0 Å². The Labute approximate surface area is 151 Å². The summed E-state index contributed by atoms with van der Waals surface area (Å²) in [5, 5.41) is 0. The zero-order chi connectivity index (χ0) is 16.1. The molecule has 0 aromatic rings. The Balaban J connectivity index is 0.00000208. The average molecular weight is 335 g/mol. The van der Waals surface area contributed by atoms with Crippen LogP contribution >= 0.6 is 0 Å². The Morgan fingerprint density at radius 3 is 1.46 bits per heavy atom. The summed E-state index contributed by atoms with van der Waals surface area (Å²) in [5.41, 5.74) is 0. The molecule has 0 aliphatic heterocycles. The van der Waals surface area contributed by atoms with Crippen LogP contribution in [0.1, 0.15) is 96.8 Å². The minimum absolute atomic E-state index is 0. The molecule has 140 valence electrons. The van der Waals surface area contributed by atoms with Crippen LogP contribution in [0.15, 0.2) is 12.7 Å². The largest absolute Gasteiger partial charge is 0.412 e. The Bertz CT molecular complexity index is 339. The van der Waals surface area contributed by atoms with E-state index >= 15 is 0 Å². The van der Waals surface area contributed by atoms with Crippen LogP contribution in [-0.2, 0) is 0 Å². The summed E-state index contributed by atoms with van der Waals surface area (Å²) in [6.07, 6.45) is 23.3. The van der Waals surface area contributed by atoms with Gasteiger partial charge in [0.1, 0.15) is 0 Å². The van der Waals surface area contributed by atoms with Crippen molar-refractivity contribution >= 4 is 0 Å². The van der Waals surface area contributed by atoms with Crippen molar-refractivity contribution in [2.75, 3.05) is 0 Å². The molecular formula is C23H42O. The molecule has 24 heavy (non-hydrogen) atoms. The molecule has 0 spiro atoms. The zero-order valence-electron chi connectivity index (χ0n) is 16.1. The van der Waals surface area contributed by atoms with E-state index in [1.165, 1.54) is 51.4 Å². The molecule has 3 aliphatic rings. The Morgan fingerprint density at radius 1 is 0.667 bits per heavy atom. The van der Waals surface area contributed by atoms with Gasteiger partial charge in [0.25, 0.3) is 0 Å². The molecule has 2 N–H and O–H groups in total. The quantitative estimate of drug-likeness (QED) is 0.509. The fourth-order valence-corrected chi connectivity index (χ4v) is 6.15. The van der Waals surface area contributed by atoms with Crippen LogP contribution in [0.4, 0.5) is 0 Å². The minimum Gasteiger partial charge on any atom is -0.412 e. The summed E-state index contributed by atoms with van der Waals surface area (Å²) in [6, 6.07) is 0. The van der Waals surface area contributed by atoms with Crippen molar-refractivity contribution in [2.24, 2.45) is 35.5 Å². The molecule has 0 unspecified atom stereocenters. The van der Waals surface area contributed by atoms with Gasteiger partial charge in [-0.3, -0.25) is 0 Å². The van der Waals surface area contributed by atoms with Crippen molar-refractivity contribution in [3.8, 4) is 0 Å². The lowest BCUT2D eigenvalue weighted by molar-refractivity contribution is 0.105. The second-order valence-corrected chi connectivity index (χ2v) is 9.34. The third kappa shape index (κ3) is 5.35. The molecule has 0 heterocycles. The summed E-state index contributed by atoms with van der Waals surface area (Å²) >= 11 is 0. The lowest BCUT2D eigenvalue weighted by Crippen LogP contribution is -2.29. The maximum absolute atomic E-state index is 3.88. The molecule has 0 aromatic heterocycles. The predicted molar refractivity (Wildman–Crippen MR) is 105 cm³/mol. The number of allylic oxidation sites excluding steroid dienone is 1. The fraction of sp³-hybridized carbons (Fsp3) is 0.913. The van der Waals surface area contributed by atoms with E-state index in [1.54, 1.807) is 38.5 Å². The summed E-state index contributed by atoms with van der Waals surface area (Å²) in [6.45, 7) is 6.34. The highest BCUT2D eigenvalue weighted by atomic mass is 16.0. The standard InChI is InChI=1S/C23H40.H2O/c1-3-4-5-19-8-12-21(13-9-19)23-16-14-22(15-17-23)20-10-6-18(2)7-11-20;/h3,18-23H,1,4-17H2,2H3;1H2. The van der Waals surface area contributed by atoms with Crippen LogP contribution in [0, 0.1) is 35.5 Å². The maximum Gasteiger partial charge on any atom is -0.0351 e. The molecule has 0 saturated heterocycles. The Hall–Kier alpha value is -0.300. The van der Waals surface area contributed by atoms with Gasteiger partial charge in [0.05, 0.1) is 0 Å². The van der Waals surface area contributed by atoms with Crippen molar-refractivity contribution in [3.63, 3.8) is 0 Å². The first-order chi connectivity index (χ1) is 11.3. The van der Waals surface area contributed by atoms with Crippen molar-refractivity contribution in [1.29, 1.82) is 0 Å². The molecule has 0 aromatic carbocycles. The first-order valence-corrected chi connectivity index (χ1v) is 10.9. The van der Waals surface area contributed by atoms with E-state index in [2.05, 4.69) is 19.6 Å². The summed E-state index contributed by atoms with van der Waals surface area (Å²) in [5.74, 6) is 6.41.